The van der Waals surface area contributed by atoms with Crippen LogP contribution in [0.5, 0.6) is 0 Å². The van der Waals surface area contributed by atoms with Gasteiger partial charge in [-0.15, -0.1) is 0 Å². The number of hydrogen-bond acceptors (Lipinski definition) is 4. The molecule has 5 heteroatoms. The van der Waals surface area contributed by atoms with Crippen molar-refractivity contribution in [3.8, 4) is 0 Å². The Morgan fingerprint density at radius 2 is 2.29 bits per heavy atom. The van der Waals surface area contributed by atoms with Crippen molar-refractivity contribution in [2.45, 2.75) is 6.92 Å². The predicted molar refractivity (Wildman–Crippen MR) is 62.3 cm³/mol. The molecule has 0 saturated carbocycles. The third-order valence-electron chi connectivity index (χ3n) is 2.49. The second-order valence-electron chi connectivity index (χ2n) is 4.11. The van der Waals surface area contributed by atoms with Crippen LogP contribution in [0.2, 0.25) is 0 Å². The van der Waals surface area contributed by atoms with Crippen LogP contribution in [0.1, 0.15) is 17.4 Å². The Labute approximate surface area is 100 Å². The first-order chi connectivity index (χ1) is 8.04. The number of aromatic nitrogens is 1. The third kappa shape index (κ3) is 4.20. The lowest BCUT2D eigenvalue weighted by Crippen LogP contribution is -2.31. The summed E-state index contributed by atoms with van der Waals surface area (Å²) in [6.45, 7) is 2.92. The van der Waals surface area contributed by atoms with E-state index in [2.05, 4.69) is 4.98 Å². The summed E-state index contributed by atoms with van der Waals surface area (Å²) >= 11 is 0. The maximum Gasteiger partial charge on any atom is 0.185 e. The van der Waals surface area contributed by atoms with Crippen molar-refractivity contribution >= 4 is 5.78 Å². The molecule has 1 unspecified atom stereocenters. The molecule has 0 aliphatic rings. The van der Waals surface area contributed by atoms with Gasteiger partial charge in [-0.2, -0.15) is 0 Å². The molecule has 0 aromatic carbocycles. The summed E-state index contributed by atoms with van der Waals surface area (Å²) in [7, 11) is 1.83. The molecule has 1 heterocycles. The Kier molecular flexibility index (Phi) is 5.18. The number of nitrogens with zero attached hydrogens (tertiary/aromatic N) is 2. The van der Waals surface area contributed by atoms with E-state index in [-0.39, 0.29) is 24.0 Å². The topological polar surface area (TPSA) is 53.4 Å². The lowest BCUT2D eigenvalue weighted by atomic mass is 10.0. The highest BCUT2D eigenvalue weighted by Gasteiger charge is 2.17. The second kappa shape index (κ2) is 6.42. The van der Waals surface area contributed by atoms with Crippen LogP contribution in [0.3, 0.4) is 0 Å². The zero-order chi connectivity index (χ0) is 12.8. The zero-order valence-electron chi connectivity index (χ0n) is 10.1. The SMILES string of the molecule is CC(CN(C)CCO)C(=O)c1ccc(F)cn1. The third-order valence-corrected chi connectivity index (χ3v) is 2.49. The Balaban J connectivity index is 2.60. The molecule has 0 fully saturated rings. The minimum absolute atomic E-state index is 0.0617. The summed E-state index contributed by atoms with van der Waals surface area (Å²) in [5.74, 6) is -0.800. The van der Waals surface area contributed by atoms with Gasteiger partial charge in [-0.1, -0.05) is 6.92 Å². The molecule has 0 amide bonds. The maximum atomic E-state index is 12.7. The highest BCUT2D eigenvalue weighted by Crippen LogP contribution is 2.08. The van der Waals surface area contributed by atoms with Crippen LogP contribution in [0, 0.1) is 11.7 Å². The molecule has 17 heavy (non-hydrogen) atoms. The van der Waals surface area contributed by atoms with Crippen molar-refractivity contribution in [3.05, 3.63) is 29.8 Å². The number of rotatable bonds is 6. The minimum Gasteiger partial charge on any atom is -0.395 e. The Morgan fingerprint density at radius 1 is 1.59 bits per heavy atom. The fourth-order valence-electron chi connectivity index (χ4n) is 1.59. The highest BCUT2D eigenvalue weighted by atomic mass is 19.1. The van der Waals surface area contributed by atoms with E-state index in [1.54, 1.807) is 6.92 Å². The van der Waals surface area contributed by atoms with Gasteiger partial charge in [-0.25, -0.2) is 4.39 Å². The first-order valence-electron chi connectivity index (χ1n) is 5.49. The Bertz CT molecular complexity index is 367. The van der Waals surface area contributed by atoms with Gasteiger partial charge in [0.2, 0.25) is 0 Å². The molecular weight excluding hydrogens is 223 g/mol. The quantitative estimate of drug-likeness (QED) is 0.753. The maximum absolute atomic E-state index is 12.7. The van der Waals surface area contributed by atoms with Gasteiger partial charge in [-0.3, -0.25) is 9.78 Å². The van der Waals surface area contributed by atoms with Gasteiger partial charge in [0.05, 0.1) is 12.8 Å². The highest BCUT2D eigenvalue weighted by molar-refractivity contribution is 5.95. The second-order valence-corrected chi connectivity index (χ2v) is 4.11. The van der Waals surface area contributed by atoms with Crippen molar-refractivity contribution in [2.24, 2.45) is 5.92 Å². The van der Waals surface area contributed by atoms with Crippen LogP contribution < -0.4 is 0 Å². The summed E-state index contributed by atoms with van der Waals surface area (Å²) < 4.78 is 12.7. The number of pyridine rings is 1. The summed E-state index contributed by atoms with van der Waals surface area (Å²) in [6, 6.07) is 2.62. The summed E-state index contributed by atoms with van der Waals surface area (Å²) in [5, 5.41) is 8.76. The molecule has 0 bridgehead atoms. The number of carbonyl (C=O) groups is 1. The fraction of sp³-hybridized carbons (Fsp3) is 0.500. The molecule has 0 aliphatic carbocycles. The van der Waals surface area contributed by atoms with Crippen molar-refractivity contribution in [1.29, 1.82) is 0 Å². The van der Waals surface area contributed by atoms with E-state index in [0.717, 1.165) is 6.20 Å². The average molecular weight is 240 g/mol. The number of carbonyl (C=O) groups excluding carboxylic acids is 1. The predicted octanol–water partition coefficient (Wildman–Crippen LogP) is 0.964. The zero-order valence-corrected chi connectivity index (χ0v) is 10.1. The summed E-state index contributed by atoms with van der Waals surface area (Å²) in [4.78, 5) is 17.5. The van der Waals surface area contributed by atoms with E-state index in [4.69, 9.17) is 5.11 Å². The van der Waals surface area contributed by atoms with Gasteiger partial charge in [0.15, 0.2) is 5.78 Å². The first-order valence-corrected chi connectivity index (χ1v) is 5.49. The molecule has 4 nitrogen and oxygen atoms in total. The van der Waals surface area contributed by atoms with Gasteiger partial charge >= 0.3 is 0 Å². The number of halogens is 1. The van der Waals surface area contributed by atoms with Gasteiger partial charge in [0, 0.05) is 19.0 Å². The normalized spacial score (nSPS) is 12.8. The fourth-order valence-corrected chi connectivity index (χ4v) is 1.59. The summed E-state index contributed by atoms with van der Waals surface area (Å²) in [6.07, 6.45) is 1.04. The molecule has 1 N–H and O–H groups in total. The molecule has 0 saturated heterocycles. The molecule has 0 radical (unpaired) electrons. The lowest BCUT2D eigenvalue weighted by molar-refractivity contribution is 0.0890. The van der Waals surface area contributed by atoms with E-state index in [0.29, 0.717) is 13.1 Å². The van der Waals surface area contributed by atoms with Gasteiger partial charge in [0.1, 0.15) is 11.5 Å². The van der Waals surface area contributed by atoms with Crippen LogP contribution in [-0.2, 0) is 0 Å². The standard InChI is InChI=1S/C12H17FN2O2/c1-9(8-15(2)5-6-16)12(17)11-4-3-10(13)7-14-11/h3-4,7,9,16H,5-6,8H2,1-2H3. The van der Waals surface area contributed by atoms with Crippen LogP contribution in [0.25, 0.3) is 0 Å². The van der Waals surface area contributed by atoms with E-state index in [1.807, 2.05) is 11.9 Å². The van der Waals surface area contributed by atoms with Crippen molar-refractivity contribution in [2.75, 3.05) is 26.7 Å². The Hall–Kier alpha value is -1.33. The van der Waals surface area contributed by atoms with Crippen LogP contribution in [0.15, 0.2) is 18.3 Å². The molecule has 1 atom stereocenters. The molecular formula is C12H17FN2O2. The smallest absolute Gasteiger partial charge is 0.185 e. The number of hydrogen-bond donors (Lipinski definition) is 1. The first kappa shape index (κ1) is 13.7. The molecule has 0 spiro atoms. The van der Waals surface area contributed by atoms with Gasteiger partial charge < -0.3 is 10.0 Å². The molecule has 1 rings (SSSR count). The van der Waals surface area contributed by atoms with Crippen LogP contribution >= 0.6 is 0 Å². The van der Waals surface area contributed by atoms with Crippen molar-refractivity contribution < 1.29 is 14.3 Å². The largest absolute Gasteiger partial charge is 0.395 e. The molecule has 0 aliphatic heterocycles. The van der Waals surface area contributed by atoms with E-state index in [1.165, 1.54) is 12.1 Å². The van der Waals surface area contributed by atoms with E-state index in [9.17, 15) is 9.18 Å². The number of aliphatic hydroxyl groups excluding tert-OH is 1. The van der Waals surface area contributed by atoms with E-state index < -0.39 is 5.82 Å². The monoisotopic (exact) mass is 240 g/mol. The molecule has 1 aromatic heterocycles. The molecule has 94 valence electrons. The van der Waals surface area contributed by atoms with Crippen molar-refractivity contribution in [3.63, 3.8) is 0 Å². The van der Waals surface area contributed by atoms with E-state index >= 15 is 0 Å². The lowest BCUT2D eigenvalue weighted by Gasteiger charge is -2.19. The number of ketones is 1. The van der Waals surface area contributed by atoms with Crippen LogP contribution in [0.4, 0.5) is 4.39 Å². The van der Waals surface area contributed by atoms with Gasteiger partial charge in [-0.05, 0) is 19.2 Å². The minimum atomic E-state index is -0.452. The summed E-state index contributed by atoms with van der Waals surface area (Å²) in [5.41, 5.74) is 0.274. The molecule has 1 aromatic rings. The number of aliphatic hydroxyl groups is 1. The van der Waals surface area contributed by atoms with Crippen molar-refractivity contribution in [1.82, 2.24) is 9.88 Å². The average Bonchev–Trinajstić information content (AvgIpc) is 2.29. The number of likely N-dealkylation sites (N-methyl/N-ethyl adjacent to an activating group) is 1. The van der Waals surface area contributed by atoms with Crippen LogP contribution in [-0.4, -0.2) is 47.5 Å². The number of Topliss-reactive ketones (excluding diaryl/α,β-unsaturated/α-hetero) is 1. The Morgan fingerprint density at radius 3 is 2.82 bits per heavy atom. The van der Waals surface area contributed by atoms with Gasteiger partial charge in [0.25, 0.3) is 0 Å².